The Labute approximate surface area is 53.9 Å². The van der Waals surface area contributed by atoms with E-state index in [9.17, 15) is 0 Å². The Bertz CT molecular complexity index is 94.3. The van der Waals surface area contributed by atoms with Gasteiger partial charge in [-0.1, -0.05) is 0 Å². The third-order valence-corrected chi connectivity index (χ3v) is 1.75. The van der Waals surface area contributed by atoms with Gasteiger partial charge in [0.2, 0.25) is 0 Å². The van der Waals surface area contributed by atoms with Gasteiger partial charge in [-0.3, -0.25) is 0 Å². The fourth-order valence-corrected chi connectivity index (χ4v) is 1.05. The van der Waals surface area contributed by atoms with Crippen molar-refractivity contribution in [2.75, 3.05) is 6.61 Å². The highest BCUT2D eigenvalue weighted by Crippen LogP contribution is 2.24. The lowest BCUT2D eigenvalue weighted by atomic mass is 10.1. The minimum Gasteiger partial charge on any atom is -0.396 e. The van der Waals surface area contributed by atoms with E-state index in [-0.39, 0.29) is 12.5 Å². The van der Waals surface area contributed by atoms with E-state index in [0.717, 1.165) is 0 Å². The second-order valence-corrected chi connectivity index (χ2v) is 2.40. The van der Waals surface area contributed by atoms with Gasteiger partial charge in [0.15, 0.2) is 0 Å². The summed E-state index contributed by atoms with van der Waals surface area (Å²) in [5, 5.41) is 26.5. The molecule has 0 aromatic rings. The van der Waals surface area contributed by atoms with Crippen LogP contribution in [0.2, 0.25) is 0 Å². The van der Waals surface area contributed by atoms with Crippen LogP contribution >= 0.6 is 0 Å². The normalized spacial score (nSPS) is 43.7. The maximum Gasteiger partial charge on any atom is 0.0852 e. The van der Waals surface area contributed by atoms with Crippen LogP contribution in [0, 0.1) is 12.3 Å². The van der Waals surface area contributed by atoms with Crippen LogP contribution in [0.1, 0.15) is 6.42 Å². The van der Waals surface area contributed by atoms with Gasteiger partial charge in [0.1, 0.15) is 0 Å². The van der Waals surface area contributed by atoms with Gasteiger partial charge in [-0.25, -0.2) is 0 Å². The first-order valence-corrected chi connectivity index (χ1v) is 3.06. The summed E-state index contributed by atoms with van der Waals surface area (Å²) in [7, 11) is 0. The van der Waals surface area contributed by atoms with Crippen LogP contribution < -0.4 is 0 Å². The van der Waals surface area contributed by atoms with E-state index in [4.69, 9.17) is 15.3 Å². The van der Waals surface area contributed by atoms with Gasteiger partial charge >= 0.3 is 0 Å². The van der Waals surface area contributed by atoms with Crippen molar-refractivity contribution < 1.29 is 15.3 Å². The smallest absolute Gasteiger partial charge is 0.0852 e. The lowest BCUT2D eigenvalue weighted by molar-refractivity contribution is 0.0143. The lowest BCUT2D eigenvalue weighted by Gasteiger charge is -2.12. The number of aliphatic hydroxyl groups excluding tert-OH is 3. The van der Waals surface area contributed by atoms with Crippen LogP contribution in [0.15, 0.2) is 0 Å². The quantitative estimate of drug-likeness (QED) is 0.424. The molecular formula is C6H11O3. The van der Waals surface area contributed by atoms with Crippen molar-refractivity contribution in [3.05, 3.63) is 6.42 Å². The fraction of sp³-hybridized carbons (Fsp3) is 0.833. The highest BCUT2D eigenvalue weighted by Gasteiger charge is 2.32. The highest BCUT2D eigenvalue weighted by molar-refractivity contribution is 4.95. The molecule has 3 nitrogen and oxygen atoms in total. The summed E-state index contributed by atoms with van der Waals surface area (Å²) in [6.45, 7) is -0.0469. The topological polar surface area (TPSA) is 60.7 Å². The molecule has 1 aliphatic rings. The molecule has 3 atom stereocenters. The van der Waals surface area contributed by atoms with Gasteiger partial charge in [0, 0.05) is 12.5 Å². The SMILES string of the molecule is OC[C@@H]1C[CH][C@H](O)[C@H]1O. The molecule has 1 fully saturated rings. The third-order valence-electron chi connectivity index (χ3n) is 1.75. The molecule has 3 N–H and O–H groups in total. The fourth-order valence-electron chi connectivity index (χ4n) is 1.05. The van der Waals surface area contributed by atoms with Crippen LogP contribution in [0.25, 0.3) is 0 Å². The summed E-state index contributed by atoms with van der Waals surface area (Å²) in [4.78, 5) is 0. The molecule has 1 aliphatic carbocycles. The van der Waals surface area contributed by atoms with Gasteiger partial charge in [-0.05, 0) is 12.8 Å². The Balaban J connectivity index is 2.41. The van der Waals surface area contributed by atoms with Gasteiger partial charge in [0.05, 0.1) is 12.2 Å². The molecule has 0 unspecified atom stereocenters. The van der Waals surface area contributed by atoms with Crippen LogP contribution in [0.4, 0.5) is 0 Å². The van der Waals surface area contributed by atoms with E-state index in [2.05, 4.69) is 0 Å². The summed E-state index contributed by atoms with van der Waals surface area (Å²) in [5.74, 6) is -0.153. The molecule has 0 spiro atoms. The van der Waals surface area contributed by atoms with Crippen LogP contribution in [0.3, 0.4) is 0 Å². The van der Waals surface area contributed by atoms with Gasteiger partial charge in [-0.15, -0.1) is 0 Å². The number of aliphatic hydroxyl groups is 3. The number of hydrogen-bond acceptors (Lipinski definition) is 3. The van der Waals surface area contributed by atoms with Crippen molar-refractivity contribution in [3.63, 3.8) is 0 Å². The summed E-state index contributed by atoms with van der Waals surface area (Å²) < 4.78 is 0. The Morgan fingerprint density at radius 1 is 1.44 bits per heavy atom. The molecule has 1 radical (unpaired) electrons. The minimum atomic E-state index is -0.755. The molecule has 1 saturated carbocycles. The molecule has 0 amide bonds. The predicted molar refractivity (Wildman–Crippen MR) is 31.5 cm³/mol. The summed E-state index contributed by atoms with van der Waals surface area (Å²) in [6.07, 6.45) is 0.738. The zero-order chi connectivity index (χ0) is 6.85. The first-order chi connectivity index (χ1) is 4.25. The maximum absolute atomic E-state index is 9.02. The second kappa shape index (κ2) is 2.64. The van der Waals surface area contributed by atoms with E-state index in [1.165, 1.54) is 0 Å². The predicted octanol–water partition coefficient (Wildman–Crippen LogP) is -1.08. The number of hydrogen-bond donors (Lipinski definition) is 3. The summed E-state index contributed by atoms with van der Waals surface area (Å²) >= 11 is 0. The van der Waals surface area contributed by atoms with Crippen molar-refractivity contribution in [1.29, 1.82) is 0 Å². The molecule has 0 aromatic heterocycles. The van der Waals surface area contributed by atoms with Gasteiger partial charge in [-0.2, -0.15) is 0 Å². The van der Waals surface area contributed by atoms with Crippen LogP contribution in [0.5, 0.6) is 0 Å². The van der Waals surface area contributed by atoms with Crippen LogP contribution in [-0.2, 0) is 0 Å². The highest BCUT2D eigenvalue weighted by atomic mass is 16.3. The average molecular weight is 131 g/mol. The van der Waals surface area contributed by atoms with E-state index in [0.29, 0.717) is 6.42 Å². The van der Waals surface area contributed by atoms with E-state index < -0.39 is 12.2 Å². The third kappa shape index (κ3) is 1.23. The largest absolute Gasteiger partial charge is 0.396 e. The molecule has 0 bridgehead atoms. The Morgan fingerprint density at radius 2 is 2.11 bits per heavy atom. The van der Waals surface area contributed by atoms with Crippen molar-refractivity contribution in [3.8, 4) is 0 Å². The van der Waals surface area contributed by atoms with E-state index >= 15 is 0 Å². The Morgan fingerprint density at radius 3 is 2.33 bits per heavy atom. The summed E-state index contributed by atoms with van der Waals surface area (Å²) in [5.41, 5.74) is 0. The Kier molecular flexibility index (Phi) is 2.05. The maximum atomic E-state index is 9.02. The lowest BCUT2D eigenvalue weighted by Crippen LogP contribution is -2.26. The van der Waals surface area contributed by atoms with Crippen LogP contribution in [-0.4, -0.2) is 34.1 Å². The zero-order valence-corrected chi connectivity index (χ0v) is 5.07. The second-order valence-electron chi connectivity index (χ2n) is 2.40. The first kappa shape index (κ1) is 6.99. The molecule has 0 heterocycles. The molecular weight excluding hydrogens is 120 g/mol. The van der Waals surface area contributed by atoms with Crippen molar-refractivity contribution in [1.82, 2.24) is 0 Å². The molecule has 3 heteroatoms. The number of rotatable bonds is 1. The van der Waals surface area contributed by atoms with E-state index in [1.807, 2.05) is 0 Å². The van der Waals surface area contributed by atoms with Gasteiger partial charge < -0.3 is 15.3 Å². The molecule has 9 heavy (non-hydrogen) atoms. The standard InChI is InChI=1S/C6H11O3/c7-3-4-1-2-5(8)6(4)9/h2,4-9H,1,3H2/t4-,5-,6-/m0/s1. The molecule has 0 aliphatic heterocycles. The molecule has 53 valence electrons. The van der Waals surface area contributed by atoms with Crippen molar-refractivity contribution in [2.45, 2.75) is 18.6 Å². The first-order valence-electron chi connectivity index (χ1n) is 3.06. The monoisotopic (exact) mass is 131 g/mol. The Hall–Kier alpha value is -0.120. The summed E-state index contributed by atoms with van der Waals surface area (Å²) in [6, 6.07) is 0. The average Bonchev–Trinajstić information content (AvgIpc) is 2.15. The van der Waals surface area contributed by atoms with Gasteiger partial charge in [0.25, 0.3) is 0 Å². The zero-order valence-electron chi connectivity index (χ0n) is 5.07. The van der Waals surface area contributed by atoms with Crippen molar-refractivity contribution >= 4 is 0 Å². The molecule has 0 aromatic carbocycles. The minimum absolute atomic E-state index is 0.0469. The van der Waals surface area contributed by atoms with Crippen molar-refractivity contribution in [2.24, 2.45) is 5.92 Å². The van der Waals surface area contributed by atoms with E-state index in [1.54, 1.807) is 6.42 Å². The molecule has 1 rings (SSSR count). The molecule has 0 saturated heterocycles.